The molecular weight excluding hydrogens is 324 g/mol. The molecule has 0 heterocycles. The standard InChI is InChI=1S/C14H14N2O8/c1-7-4-8(16(21)22)5-9(13(18)19)12(7)15-10(14(20)24-3)6-11(17)23-2/h4-6,15H,1-3H3,(H,18,19)/b10-6+. The van der Waals surface area contributed by atoms with Crippen molar-refractivity contribution in [3.63, 3.8) is 0 Å². The van der Waals surface area contributed by atoms with Crippen molar-refractivity contribution < 1.29 is 33.9 Å². The maximum absolute atomic E-state index is 11.7. The summed E-state index contributed by atoms with van der Waals surface area (Å²) in [5.74, 6) is -3.28. The van der Waals surface area contributed by atoms with Crippen molar-refractivity contribution in [2.45, 2.75) is 6.92 Å². The molecule has 0 aliphatic heterocycles. The number of benzene rings is 1. The largest absolute Gasteiger partial charge is 0.478 e. The molecule has 0 bridgehead atoms. The number of methoxy groups -OCH3 is 2. The van der Waals surface area contributed by atoms with Crippen molar-refractivity contribution in [2.24, 2.45) is 0 Å². The van der Waals surface area contributed by atoms with Crippen LogP contribution in [0.3, 0.4) is 0 Å². The second-order valence-electron chi connectivity index (χ2n) is 4.45. The van der Waals surface area contributed by atoms with Crippen molar-refractivity contribution in [1.82, 2.24) is 0 Å². The fourth-order valence-electron chi connectivity index (χ4n) is 1.78. The van der Waals surface area contributed by atoms with E-state index in [1.807, 2.05) is 0 Å². The van der Waals surface area contributed by atoms with Crippen LogP contribution in [0.5, 0.6) is 0 Å². The van der Waals surface area contributed by atoms with Crippen LogP contribution in [0, 0.1) is 17.0 Å². The smallest absolute Gasteiger partial charge is 0.354 e. The van der Waals surface area contributed by atoms with Crippen molar-refractivity contribution >= 4 is 29.3 Å². The van der Waals surface area contributed by atoms with Gasteiger partial charge < -0.3 is 19.9 Å². The van der Waals surface area contributed by atoms with Gasteiger partial charge in [0.2, 0.25) is 0 Å². The summed E-state index contributed by atoms with van der Waals surface area (Å²) < 4.78 is 8.90. The molecule has 1 rings (SSSR count). The molecule has 0 aliphatic carbocycles. The van der Waals surface area contributed by atoms with Crippen molar-refractivity contribution in [3.05, 3.63) is 45.1 Å². The SMILES string of the molecule is COC(=O)/C=C(/Nc1c(C)cc([N+](=O)[O-])cc1C(=O)O)C(=O)OC. The topological polar surface area (TPSA) is 145 Å². The molecule has 0 unspecified atom stereocenters. The van der Waals surface area contributed by atoms with Crippen LogP contribution in [0.4, 0.5) is 11.4 Å². The zero-order valence-corrected chi connectivity index (χ0v) is 13.0. The van der Waals surface area contributed by atoms with Crippen LogP contribution in [0.1, 0.15) is 15.9 Å². The fraction of sp³-hybridized carbons (Fsp3) is 0.214. The average molecular weight is 338 g/mol. The highest BCUT2D eigenvalue weighted by molar-refractivity contribution is 6.02. The summed E-state index contributed by atoms with van der Waals surface area (Å²) in [6.07, 6.45) is 0.776. The van der Waals surface area contributed by atoms with Crippen LogP contribution in [0.25, 0.3) is 0 Å². The minimum Gasteiger partial charge on any atom is -0.478 e. The zero-order chi connectivity index (χ0) is 18.4. The van der Waals surface area contributed by atoms with Crippen LogP contribution < -0.4 is 5.32 Å². The van der Waals surface area contributed by atoms with Gasteiger partial charge in [-0.1, -0.05) is 0 Å². The fourth-order valence-corrected chi connectivity index (χ4v) is 1.78. The van der Waals surface area contributed by atoms with Crippen molar-refractivity contribution in [1.29, 1.82) is 0 Å². The number of aryl methyl sites for hydroxylation is 1. The molecule has 2 N–H and O–H groups in total. The lowest BCUT2D eigenvalue weighted by atomic mass is 10.1. The minimum absolute atomic E-state index is 0.0892. The van der Waals surface area contributed by atoms with Gasteiger partial charge in [-0.2, -0.15) is 0 Å². The summed E-state index contributed by atoms with van der Waals surface area (Å²) in [7, 11) is 2.16. The zero-order valence-electron chi connectivity index (χ0n) is 13.0. The molecule has 0 spiro atoms. The Morgan fingerprint density at radius 1 is 1.25 bits per heavy atom. The first-order valence-electron chi connectivity index (χ1n) is 6.38. The van der Waals surface area contributed by atoms with E-state index in [9.17, 15) is 29.6 Å². The number of anilines is 1. The normalized spacial score (nSPS) is 10.7. The predicted molar refractivity (Wildman–Crippen MR) is 80.5 cm³/mol. The first kappa shape index (κ1) is 18.6. The molecule has 0 radical (unpaired) electrons. The third kappa shape index (κ3) is 4.29. The number of carboxylic acids is 1. The van der Waals surface area contributed by atoms with Crippen LogP contribution >= 0.6 is 0 Å². The summed E-state index contributed by atoms with van der Waals surface area (Å²) >= 11 is 0. The lowest BCUT2D eigenvalue weighted by molar-refractivity contribution is -0.384. The predicted octanol–water partition coefficient (Wildman–Crippen LogP) is 1.24. The number of non-ortho nitro benzene ring substituents is 1. The van der Waals surface area contributed by atoms with Gasteiger partial charge in [0.15, 0.2) is 0 Å². The van der Waals surface area contributed by atoms with Crippen LogP contribution in [-0.2, 0) is 19.1 Å². The van der Waals surface area contributed by atoms with Gasteiger partial charge in [-0.25, -0.2) is 14.4 Å². The quantitative estimate of drug-likeness (QED) is 0.338. The van der Waals surface area contributed by atoms with Crippen LogP contribution in [0.2, 0.25) is 0 Å². The first-order chi connectivity index (χ1) is 11.2. The van der Waals surface area contributed by atoms with Crippen LogP contribution in [0.15, 0.2) is 23.9 Å². The Kier molecular flexibility index (Phi) is 5.99. The molecule has 128 valence electrons. The molecule has 24 heavy (non-hydrogen) atoms. The highest BCUT2D eigenvalue weighted by Gasteiger charge is 2.22. The molecule has 1 aromatic carbocycles. The van der Waals surface area contributed by atoms with E-state index in [-0.39, 0.29) is 16.9 Å². The van der Waals surface area contributed by atoms with E-state index in [2.05, 4.69) is 14.8 Å². The number of nitrogens with one attached hydrogen (secondary N) is 1. The van der Waals surface area contributed by atoms with E-state index in [0.29, 0.717) is 0 Å². The second-order valence-corrected chi connectivity index (χ2v) is 4.45. The Morgan fingerprint density at radius 2 is 1.88 bits per heavy atom. The van der Waals surface area contributed by atoms with Gasteiger partial charge in [0, 0.05) is 12.1 Å². The number of carbonyl (C=O) groups is 3. The van der Waals surface area contributed by atoms with Gasteiger partial charge >= 0.3 is 17.9 Å². The molecule has 0 aromatic heterocycles. The van der Waals surface area contributed by atoms with Crippen molar-refractivity contribution in [3.8, 4) is 0 Å². The second kappa shape index (κ2) is 7.72. The number of aromatic carboxylic acids is 1. The van der Waals surface area contributed by atoms with Gasteiger partial charge in [-0.3, -0.25) is 10.1 Å². The van der Waals surface area contributed by atoms with E-state index < -0.39 is 34.1 Å². The molecule has 0 saturated heterocycles. The number of nitro groups is 1. The molecule has 0 fully saturated rings. The number of esters is 2. The Bertz CT molecular complexity index is 739. The molecular formula is C14H14N2O8. The third-order valence-corrected chi connectivity index (χ3v) is 2.89. The first-order valence-corrected chi connectivity index (χ1v) is 6.38. The van der Waals surface area contributed by atoms with E-state index in [4.69, 9.17) is 0 Å². The Labute approximate surface area is 135 Å². The molecule has 0 atom stereocenters. The maximum Gasteiger partial charge on any atom is 0.354 e. The Balaban J connectivity index is 3.46. The molecule has 0 saturated carbocycles. The number of hydrogen-bond donors (Lipinski definition) is 2. The summed E-state index contributed by atoms with van der Waals surface area (Å²) in [6, 6.07) is 1.96. The summed E-state index contributed by atoms with van der Waals surface area (Å²) in [5.41, 5.74) is -1.16. The van der Waals surface area contributed by atoms with Gasteiger partial charge in [0.1, 0.15) is 5.70 Å². The van der Waals surface area contributed by atoms with Gasteiger partial charge in [0.05, 0.1) is 36.5 Å². The number of hydrogen-bond acceptors (Lipinski definition) is 8. The molecule has 0 amide bonds. The average Bonchev–Trinajstić information content (AvgIpc) is 2.53. The summed E-state index contributed by atoms with van der Waals surface area (Å²) in [4.78, 5) is 44.5. The molecule has 10 nitrogen and oxygen atoms in total. The molecule has 1 aromatic rings. The van der Waals surface area contributed by atoms with E-state index in [0.717, 1.165) is 32.4 Å². The highest BCUT2D eigenvalue weighted by atomic mass is 16.6. The molecule has 0 aliphatic rings. The lowest BCUT2D eigenvalue weighted by Gasteiger charge is -2.14. The maximum atomic E-state index is 11.7. The van der Waals surface area contributed by atoms with Gasteiger partial charge in [-0.15, -0.1) is 0 Å². The van der Waals surface area contributed by atoms with Gasteiger partial charge in [0.25, 0.3) is 5.69 Å². The number of ether oxygens (including phenoxy) is 2. The van der Waals surface area contributed by atoms with E-state index in [1.54, 1.807) is 0 Å². The molecule has 10 heteroatoms. The van der Waals surface area contributed by atoms with Crippen LogP contribution in [-0.4, -0.2) is 42.2 Å². The number of nitrogens with zero attached hydrogens (tertiary/aromatic N) is 1. The van der Waals surface area contributed by atoms with Crippen molar-refractivity contribution in [2.75, 3.05) is 19.5 Å². The monoisotopic (exact) mass is 338 g/mol. The number of rotatable bonds is 6. The summed E-state index contributed by atoms with van der Waals surface area (Å²) in [5, 5.41) is 22.6. The van der Waals surface area contributed by atoms with Gasteiger partial charge in [-0.05, 0) is 12.5 Å². The number of nitro benzene ring substituents is 1. The number of carboxylic acid groups (broad SMARTS) is 1. The van der Waals surface area contributed by atoms with E-state index in [1.165, 1.54) is 6.92 Å². The number of carbonyl (C=O) groups excluding carboxylic acids is 2. The van der Waals surface area contributed by atoms with E-state index >= 15 is 0 Å². The minimum atomic E-state index is -1.45. The Hall–Kier alpha value is -3.43. The lowest BCUT2D eigenvalue weighted by Crippen LogP contribution is -2.18. The third-order valence-electron chi connectivity index (χ3n) is 2.89. The highest BCUT2D eigenvalue weighted by Crippen LogP contribution is 2.28. The Morgan fingerprint density at radius 3 is 2.33 bits per heavy atom. The summed E-state index contributed by atoms with van der Waals surface area (Å²) in [6.45, 7) is 1.41.